The first-order valence-electron chi connectivity index (χ1n) is 5.81. The average molecular weight is 229 g/mol. The van der Waals surface area contributed by atoms with E-state index in [4.69, 9.17) is 4.74 Å². The Morgan fingerprint density at radius 1 is 1.29 bits per heavy atom. The van der Waals surface area contributed by atoms with Crippen LogP contribution < -0.4 is 0 Å². The van der Waals surface area contributed by atoms with E-state index in [1.54, 1.807) is 13.3 Å². The molecule has 0 saturated heterocycles. The summed E-state index contributed by atoms with van der Waals surface area (Å²) >= 11 is 0. The van der Waals surface area contributed by atoms with E-state index in [0.717, 1.165) is 16.3 Å². The summed E-state index contributed by atoms with van der Waals surface area (Å²) in [5.41, 5.74) is 0.151. The smallest absolute Gasteiger partial charge is 0.0966 e. The third kappa shape index (κ3) is 1.63. The number of ether oxygens (including phenoxy) is 1. The highest BCUT2D eigenvalue weighted by molar-refractivity contribution is 5.85. The molecule has 1 N–H and O–H groups in total. The number of hydrogen-bond donors (Lipinski definition) is 1. The third-order valence-corrected chi connectivity index (χ3v) is 3.63. The molecule has 1 aliphatic carbocycles. The number of fused-ring (bicyclic) bond motifs is 1. The fourth-order valence-corrected chi connectivity index (χ4v) is 2.57. The molecular formula is C14H15NO2. The van der Waals surface area contributed by atoms with Crippen molar-refractivity contribution in [1.29, 1.82) is 0 Å². The number of nitrogens with zero attached hydrogens (tertiary/aromatic N) is 1. The van der Waals surface area contributed by atoms with E-state index in [1.165, 1.54) is 0 Å². The molecule has 0 atom stereocenters. The van der Waals surface area contributed by atoms with Crippen molar-refractivity contribution in [2.75, 3.05) is 7.11 Å². The van der Waals surface area contributed by atoms with E-state index >= 15 is 0 Å². The Morgan fingerprint density at radius 3 is 2.82 bits per heavy atom. The molecule has 0 aliphatic heterocycles. The molecule has 0 radical (unpaired) electrons. The van der Waals surface area contributed by atoms with Gasteiger partial charge in [0.2, 0.25) is 0 Å². The molecular weight excluding hydrogens is 214 g/mol. The van der Waals surface area contributed by atoms with Crippen molar-refractivity contribution in [3.63, 3.8) is 0 Å². The van der Waals surface area contributed by atoms with Gasteiger partial charge in [0.05, 0.1) is 11.7 Å². The number of methoxy groups -OCH3 is 1. The number of aliphatic hydroxyl groups is 1. The van der Waals surface area contributed by atoms with E-state index in [2.05, 4.69) is 4.98 Å². The maximum Gasteiger partial charge on any atom is 0.0966 e. The largest absolute Gasteiger partial charge is 0.385 e. The van der Waals surface area contributed by atoms with Crippen LogP contribution >= 0.6 is 0 Å². The number of hydrogen-bond acceptors (Lipinski definition) is 3. The fourth-order valence-electron chi connectivity index (χ4n) is 2.57. The van der Waals surface area contributed by atoms with Crippen molar-refractivity contribution in [3.8, 4) is 0 Å². The number of rotatable bonds is 2. The zero-order valence-corrected chi connectivity index (χ0v) is 9.76. The highest BCUT2D eigenvalue weighted by atomic mass is 16.5. The second-order valence-electron chi connectivity index (χ2n) is 4.71. The summed E-state index contributed by atoms with van der Waals surface area (Å²) in [7, 11) is 1.69. The topological polar surface area (TPSA) is 42.4 Å². The fraction of sp³-hybridized carbons (Fsp3) is 0.357. The first-order valence-corrected chi connectivity index (χ1v) is 5.81. The Hall–Kier alpha value is -1.45. The minimum atomic E-state index is -0.769. The second-order valence-corrected chi connectivity index (χ2v) is 4.71. The molecule has 1 aromatic heterocycles. The molecule has 0 spiro atoms. The first kappa shape index (κ1) is 10.7. The molecule has 1 heterocycles. The van der Waals surface area contributed by atoms with Crippen LogP contribution in [-0.2, 0) is 10.3 Å². The van der Waals surface area contributed by atoms with Gasteiger partial charge in [0.1, 0.15) is 0 Å². The van der Waals surface area contributed by atoms with Crippen LogP contribution in [-0.4, -0.2) is 23.3 Å². The van der Waals surface area contributed by atoms with E-state index in [-0.39, 0.29) is 6.10 Å². The normalized spacial score (nSPS) is 28.0. The predicted octanol–water partition coefficient (Wildman–Crippen LogP) is 2.23. The predicted molar refractivity (Wildman–Crippen MR) is 65.7 cm³/mol. The first-order chi connectivity index (χ1) is 8.23. The van der Waals surface area contributed by atoms with Crippen LogP contribution in [0.25, 0.3) is 10.8 Å². The van der Waals surface area contributed by atoms with Crippen molar-refractivity contribution in [3.05, 3.63) is 42.2 Å². The van der Waals surface area contributed by atoms with Gasteiger partial charge in [0.15, 0.2) is 0 Å². The monoisotopic (exact) mass is 229 g/mol. The third-order valence-electron chi connectivity index (χ3n) is 3.63. The van der Waals surface area contributed by atoms with Crippen molar-refractivity contribution >= 4 is 10.8 Å². The Balaban J connectivity index is 2.07. The highest BCUT2D eigenvalue weighted by Gasteiger charge is 2.45. The molecule has 3 heteroatoms. The van der Waals surface area contributed by atoms with Crippen LogP contribution in [0, 0.1) is 0 Å². The minimum absolute atomic E-state index is 0.166. The molecule has 0 amide bonds. The molecule has 17 heavy (non-hydrogen) atoms. The van der Waals surface area contributed by atoms with Crippen LogP contribution in [0.1, 0.15) is 18.4 Å². The standard InChI is InChI=1S/C14H15NO2/c1-17-11-6-14(16,7-11)13-9-15-8-10-4-2-3-5-12(10)13/h2-5,8-9,11,16H,6-7H2,1H3. The highest BCUT2D eigenvalue weighted by Crippen LogP contribution is 2.44. The summed E-state index contributed by atoms with van der Waals surface area (Å²) in [5, 5.41) is 12.7. The lowest BCUT2D eigenvalue weighted by atomic mass is 9.72. The molecule has 1 aliphatic rings. The van der Waals surface area contributed by atoms with Gasteiger partial charge in [-0.2, -0.15) is 0 Å². The summed E-state index contributed by atoms with van der Waals surface area (Å²) in [5.74, 6) is 0. The Bertz CT molecular complexity index is 541. The van der Waals surface area contributed by atoms with Gasteiger partial charge in [-0.25, -0.2) is 0 Å². The van der Waals surface area contributed by atoms with Gasteiger partial charge in [-0.05, 0) is 5.39 Å². The van der Waals surface area contributed by atoms with Gasteiger partial charge >= 0.3 is 0 Å². The molecule has 3 rings (SSSR count). The second kappa shape index (κ2) is 3.79. The van der Waals surface area contributed by atoms with Crippen LogP contribution in [0.2, 0.25) is 0 Å². The van der Waals surface area contributed by atoms with Crippen LogP contribution in [0.5, 0.6) is 0 Å². The van der Waals surface area contributed by atoms with Gasteiger partial charge in [-0.1, -0.05) is 24.3 Å². The van der Waals surface area contributed by atoms with E-state index in [1.807, 2.05) is 30.5 Å². The molecule has 0 unspecified atom stereocenters. The lowest BCUT2D eigenvalue weighted by molar-refractivity contribution is -0.132. The summed E-state index contributed by atoms with van der Waals surface area (Å²) in [4.78, 5) is 4.21. The van der Waals surface area contributed by atoms with Crippen molar-refractivity contribution < 1.29 is 9.84 Å². The van der Waals surface area contributed by atoms with Crippen molar-refractivity contribution in [1.82, 2.24) is 4.98 Å². The average Bonchev–Trinajstić information content (AvgIpc) is 2.34. The number of pyridine rings is 1. The minimum Gasteiger partial charge on any atom is -0.385 e. The maximum atomic E-state index is 10.6. The van der Waals surface area contributed by atoms with Crippen LogP contribution in [0.15, 0.2) is 36.7 Å². The molecule has 0 bridgehead atoms. The zero-order chi connectivity index (χ0) is 11.9. The Morgan fingerprint density at radius 2 is 2.06 bits per heavy atom. The summed E-state index contributed by atoms with van der Waals surface area (Å²) in [6.45, 7) is 0. The molecule has 1 aromatic carbocycles. The van der Waals surface area contributed by atoms with Crippen molar-refractivity contribution in [2.45, 2.75) is 24.5 Å². The van der Waals surface area contributed by atoms with Gasteiger partial charge < -0.3 is 9.84 Å². The maximum absolute atomic E-state index is 10.6. The number of aromatic nitrogens is 1. The molecule has 3 nitrogen and oxygen atoms in total. The van der Waals surface area contributed by atoms with E-state index < -0.39 is 5.60 Å². The summed E-state index contributed by atoms with van der Waals surface area (Å²) in [6, 6.07) is 8.02. The van der Waals surface area contributed by atoms with Gasteiger partial charge in [-0.15, -0.1) is 0 Å². The van der Waals surface area contributed by atoms with Crippen LogP contribution in [0.3, 0.4) is 0 Å². The van der Waals surface area contributed by atoms with E-state index in [0.29, 0.717) is 12.8 Å². The lowest BCUT2D eigenvalue weighted by Gasteiger charge is -2.43. The Labute approximate surface area is 100 Å². The Kier molecular flexibility index (Phi) is 2.38. The van der Waals surface area contributed by atoms with Crippen molar-refractivity contribution in [2.24, 2.45) is 0 Å². The zero-order valence-electron chi connectivity index (χ0n) is 9.76. The van der Waals surface area contributed by atoms with Gasteiger partial charge in [-0.3, -0.25) is 4.98 Å². The van der Waals surface area contributed by atoms with E-state index in [9.17, 15) is 5.11 Å². The quantitative estimate of drug-likeness (QED) is 0.858. The summed E-state index contributed by atoms with van der Waals surface area (Å²) in [6.07, 6.45) is 5.07. The molecule has 1 saturated carbocycles. The molecule has 2 aromatic rings. The van der Waals surface area contributed by atoms with Gasteiger partial charge in [0.25, 0.3) is 0 Å². The lowest BCUT2D eigenvalue weighted by Crippen LogP contribution is -2.45. The van der Waals surface area contributed by atoms with Crippen LogP contribution in [0.4, 0.5) is 0 Å². The number of benzene rings is 1. The molecule has 88 valence electrons. The summed E-state index contributed by atoms with van der Waals surface area (Å²) < 4.78 is 5.23. The molecule has 1 fully saturated rings. The van der Waals surface area contributed by atoms with Gasteiger partial charge in [0, 0.05) is 43.3 Å². The SMILES string of the molecule is COC1CC(O)(c2cncc3ccccc23)C1.